The molecule has 1 aromatic rings. The Balaban J connectivity index is 2.37. The van der Waals surface area contributed by atoms with Crippen LogP contribution < -0.4 is 11.1 Å². The fourth-order valence-electron chi connectivity index (χ4n) is 6.98. The highest BCUT2D eigenvalue weighted by Crippen LogP contribution is 2.24. The number of aliphatic carboxylic acids is 2. The van der Waals surface area contributed by atoms with Crippen molar-refractivity contribution in [3.63, 3.8) is 0 Å². The van der Waals surface area contributed by atoms with Gasteiger partial charge in [-0.05, 0) is 62.1 Å². The van der Waals surface area contributed by atoms with Crippen LogP contribution >= 0.6 is 0 Å². The zero-order valence-corrected chi connectivity index (χ0v) is 34.1. The predicted molar refractivity (Wildman–Crippen MR) is 216 cm³/mol. The zero-order chi connectivity index (χ0) is 41.7. The Bertz CT molecular complexity index is 1340. The highest BCUT2D eigenvalue weighted by molar-refractivity contribution is 5.91. The number of hydrogen-bond acceptors (Lipinski definition) is 8. The molecule has 0 fully saturated rings. The van der Waals surface area contributed by atoms with Gasteiger partial charge in [-0.15, -0.1) is 0 Å². The zero-order valence-electron chi connectivity index (χ0n) is 34.1. The number of ketones is 3. The molecule has 0 unspecified atom stereocenters. The molecule has 12 nitrogen and oxygen atoms in total. The second kappa shape index (κ2) is 30.1. The van der Waals surface area contributed by atoms with Crippen LogP contribution in [-0.2, 0) is 40.0 Å². The number of carbonyl (C=O) groups excluding carboxylic acids is 5. The van der Waals surface area contributed by atoms with Crippen LogP contribution in [0, 0.1) is 23.7 Å². The van der Waals surface area contributed by atoms with Gasteiger partial charge in [0.25, 0.3) is 0 Å². The lowest BCUT2D eigenvalue weighted by molar-refractivity contribution is -0.144. The van der Waals surface area contributed by atoms with Gasteiger partial charge in [0.1, 0.15) is 23.1 Å². The average molecular weight is 787 g/mol. The van der Waals surface area contributed by atoms with Gasteiger partial charge in [0, 0.05) is 63.3 Å². The van der Waals surface area contributed by atoms with Gasteiger partial charge >= 0.3 is 11.9 Å². The highest BCUT2D eigenvalue weighted by atomic mass is 16.4. The highest BCUT2D eigenvalue weighted by Gasteiger charge is 2.27. The van der Waals surface area contributed by atoms with E-state index in [-0.39, 0.29) is 79.9 Å². The van der Waals surface area contributed by atoms with E-state index < -0.39 is 35.6 Å². The van der Waals surface area contributed by atoms with Crippen molar-refractivity contribution in [1.29, 1.82) is 0 Å². The molecule has 0 aliphatic rings. The summed E-state index contributed by atoms with van der Waals surface area (Å²) < 4.78 is 0. The number of primary amides is 1. The van der Waals surface area contributed by atoms with Crippen molar-refractivity contribution in [2.75, 3.05) is 6.54 Å². The molecule has 0 heterocycles. The maximum Gasteiger partial charge on any atom is 0.306 e. The topological polar surface area (TPSA) is 218 Å². The molecular weight excluding hydrogens is 716 g/mol. The molecule has 1 aromatic carbocycles. The van der Waals surface area contributed by atoms with E-state index in [9.17, 15) is 43.8 Å². The third-order valence-electron chi connectivity index (χ3n) is 10.3. The Hall–Kier alpha value is -4.09. The average Bonchev–Trinajstić information content (AvgIpc) is 3.12. The minimum absolute atomic E-state index is 0.0185. The van der Waals surface area contributed by atoms with E-state index in [1.165, 1.54) is 31.4 Å². The van der Waals surface area contributed by atoms with Crippen molar-refractivity contribution in [2.24, 2.45) is 29.4 Å². The molecule has 0 saturated carbocycles. The number of carboxylic acid groups (broad SMARTS) is 2. The first kappa shape index (κ1) is 49.9. The fraction of sp³-hybridized carbons (Fsp3) is 0.705. The molecule has 2 amide bonds. The summed E-state index contributed by atoms with van der Waals surface area (Å²) in [5.74, 6) is -5.08. The quantitative estimate of drug-likeness (QED) is 0.0414. The van der Waals surface area contributed by atoms with E-state index in [0.717, 1.165) is 63.4 Å². The molecule has 12 heteroatoms. The van der Waals surface area contributed by atoms with Crippen molar-refractivity contribution >= 4 is 41.1 Å². The summed E-state index contributed by atoms with van der Waals surface area (Å²) in [5.41, 5.74) is 6.39. The van der Waals surface area contributed by atoms with Crippen molar-refractivity contribution in [2.45, 2.75) is 168 Å². The van der Waals surface area contributed by atoms with Gasteiger partial charge in [-0.25, -0.2) is 0 Å². The first-order valence-corrected chi connectivity index (χ1v) is 21.0. The maximum absolute atomic E-state index is 13.4. The molecule has 0 saturated heterocycles. The number of hydrogen-bond donors (Lipinski definition) is 5. The minimum atomic E-state index is -1.09. The summed E-state index contributed by atoms with van der Waals surface area (Å²) in [5, 5.41) is 30.7. The molecule has 0 aliphatic carbocycles. The number of phenolic OH excluding ortho intramolecular Hbond substituents is 1. The van der Waals surface area contributed by atoms with E-state index in [2.05, 4.69) is 5.32 Å². The number of aromatic hydroxyl groups is 1. The number of nitrogens with one attached hydrogen (secondary N) is 1. The summed E-state index contributed by atoms with van der Waals surface area (Å²) in [6, 6.07) is 6.34. The number of benzene rings is 1. The van der Waals surface area contributed by atoms with Gasteiger partial charge < -0.3 is 26.4 Å². The largest absolute Gasteiger partial charge is 0.508 e. The van der Waals surface area contributed by atoms with Crippen LogP contribution in [0.25, 0.3) is 0 Å². The smallest absolute Gasteiger partial charge is 0.306 e. The summed E-state index contributed by atoms with van der Waals surface area (Å²) in [6.07, 6.45) is 15.1. The number of rotatable bonds is 36. The van der Waals surface area contributed by atoms with Gasteiger partial charge in [0.15, 0.2) is 0 Å². The SMILES string of the molecule is CC(C)CC(=O)C[C@@H](CCCCNC(=O)CC[C@H](CC(=O)CCCCCCCCCCCCCCC(=O)O)C(=O)O)C(=O)C[C@@H](Cc1ccc(O)cc1)C(N)=O. The lowest BCUT2D eigenvalue weighted by atomic mass is 9.84. The number of phenols is 1. The molecule has 0 bridgehead atoms. The molecule has 316 valence electrons. The molecule has 6 N–H and O–H groups in total. The van der Waals surface area contributed by atoms with Crippen molar-refractivity contribution in [1.82, 2.24) is 5.32 Å². The van der Waals surface area contributed by atoms with Crippen molar-refractivity contribution in [3.8, 4) is 5.75 Å². The summed E-state index contributed by atoms with van der Waals surface area (Å²) in [6.45, 7) is 4.18. The second-order valence-electron chi connectivity index (χ2n) is 16.0. The monoisotopic (exact) mass is 787 g/mol. The van der Waals surface area contributed by atoms with Crippen molar-refractivity contribution < 1.29 is 48.9 Å². The number of carboxylic acids is 2. The number of nitrogens with two attached hydrogens (primary N) is 1. The Morgan fingerprint density at radius 2 is 1.12 bits per heavy atom. The van der Waals surface area contributed by atoms with Crippen molar-refractivity contribution in [3.05, 3.63) is 29.8 Å². The number of amides is 2. The standard InChI is InChI=1S/C44H70N2O10/c1-32(2)27-39(49)29-34(40(50)31-36(43(45)54)28-33-20-23-37(47)24-21-33)17-15-16-26-46-41(51)25-22-35(44(55)56)30-38(48)18-13-11-9-7-5-3-4-6-8-10-12-14-19-42(52)53/h20-21,23-24,32,34-36,47H,3-19,22,25-31H2,1-2H3,(H2,45,54)(H,46,51)(H,52,53)(H,55,56)/t34-,35-,36-/m1/s1. The van der Waals surface area contributed by atoms with E-state index in [0.29, 0.717) is 38.6 Å². The maximum atomic E-state index is 13.4. The first-order valence-electron chi connectivity index (χ1n) is 21.0. The number of Topliss-reactive ketones (excluding diaryl/α,β-unsaturated/α-hetero) is 3. The Morgan fingerprint density at radius 3 is 1.64 bits per heavy atom. The van der Waals surface area contributed by atoms with Crippen LogP contribution in [0.4, 0.5) is 0 Å². The van der Waals surface area contributed by atoms with Gasteiger partial charge in [0.2, 0.25) is 11.8 Å². The molecule has 0 aliphatic heterocycles. The van der Waals surface area contributed by atoms with E-state index >= 15 is 0 Å². The van der Waals surface area contributed by atoms with Gasteiger partial charge in [-0.1, -0.05) is 96.6 Å². The Morgan fingerprint density at radius 1 is 0.589 bits per heavy atom. The normalized spacial score (nSPS) is 12.8. The lowest BCUT2D eigenvalue weighted by Gasteiger charge is -2.19. The van der Waals surface area contributed by atoms with E-state index in [1.54, 1.807) is 12.1 Å². The summed E-state index contributed by atoms with van der Waals surface area (Å²) in [7, 11) is 0. The fourth-order valence-corrected chi connectivity index (χ4v) is 6.98. The second-order valence-corrected chi connectivity index (χ2v) is 16.0. The molecule has 1 rings (SSSR count). The van der Waals surface area contributed by atoms with Gasteiger partial charge in [0.05, 0.1) is 5.92 Å². The van der Waals surface area contributed by atoms with Crippen LogP contribution in [0.1, 0.15) is 167 Å². The van der Waals surface area contributed by atoms with Crippen LogP contribution in [0.3, 0.4) is 0 Å². The van der Waals surface area contributed by atoms with Gasteiger partial charge in [-0.2, -0.15) is 0 Å². The van der Waals surface area contributed by atoms with E-state index in [4.69, 9.17) is 10.8 Å². The Kier molecular flexibility index (Phi) is 26.8. The lowest BCUT2D eigenvalue weighted by Crippen LogP contribution is -2.30. The number of unbranched alkanes of at least 4 members (excludes halogenated alkanes) is 12. The molecule has 3 atom stereocenters. The molecule has 0 radical (unpaired) electrons. The molecular formula is C44H70N2O10. The van der Waals surface area contributed by atoms with Crippen LogP contribution in [0.5, 0.6) is 5.75 Å². The molecule has 0 aromatic heterocycles. The van der Waals surface area contributed by atoms with Crippen LogP contribution in [0.15, 0.2) is 24.3 Å². The van der Waals surface area contributed by atoms with Crippen LogP contribution in [0.2, 0.25) is 0 Å². The third-order valence-corrected chi connectivity index (χ3v) is 10.3. The minimum Gasteiger partial charge on any atom is -0.508 e. The molecule has 0 spiro atoms. The third kappa shape index (κ3) is 25.9. The first-order chi connectivity index (χ1) is 26.7. The molecule has 56 heavy (non-hydrogen) atoms. The number of carbonyl (C=O) groups is 7. The van der Waals surface area contributed by atoms with Gasteiger partial charge in [-0.3, -0.25) is 33.6 Å². The van der Waals surface area contributed by atoms with Crippen LogP contribution in [-0.4, -0.2) is 63.0 Å². The summed E-state index contributed by atoms with van der Waals surface area (Å²) >= 11 is 0. The summed E-state index contributed by atoms with van der Waals surface area (Å²) in [4.78, 5) is 85.8. The van der Waals surface area contributed by atoms with E-state index in [1.807, 2.05) is 13.8 Å². The predicted octanol–water partition coefficient (Wildman–Crippen LogP) is 7.89. The Labute approximate surface area is 334 Å².